The van der Waals surface area contributed by atoms with Crippen LogP contribution in [0.15, 0.2) is 42.9 Å². The quantitative estimate of drug-likeness (QED) is 0.206. The SMILES string of the molecule is CNC(O)c1cc(Nc2nc(-c3cnc4c(c3)N(C3CC(N5CCCCC5)C3)C(=O)C4(C)C)cc3ncn(C(C)C)c23)ccc1C. The molecule has 1 unspecified atom stereocenters. The number of rotatable bonds is 8. The molecule has 0 spiro atoms. The number of aliphatic hydroxyl groups excluding tert-OH is 1. The van der Waals surface area contributed by atoms with E-state index in [1.54, 1.807) is 7.05 Å². The lowest BCUT2D eigenvalue weighted by atomic mass is 9.83. The summed E-state index contributed by atoms with van der Waals surface area (Å²) in [5, 5.41) is 17.0. The second-order valence-electron chi connectivity index (χ2n) is 14.1. The molecule has 2 fully saturated rings. The first-order valence-electron chi connectivity index (χ1n) is 16.8. The van der Waals surface area contributed by atoms with E-state index in [0.29, 0.717) is 11.9 Å². The number of benzene rings is 1. The van der Waals surface area contributed by atoms with E-state index in [-0.39, 0.29) is 18.0 Å². The number of hydrogen-bond donors (Lipinski definition) is 3. The Balaban J connectivity index is 1.26. The maximum absolute atomic E-state index is 13.9. The molecule has 1 saturated carbocycles. The summed E-state index contributed by atoms with van der Waals surface area (Å²) in [7, 11) is 1.73. The summed E-state index contributed by atoms with van der Waals surface area (Å²) in [5.74, 6) is 0.805. The van der Waals surface area contributed by atoms with Gasteiger partial charge in [-0.15, -0.1) is 0 Å². The second kappa shape index (κ2) is 11.7. The van der Waals surface area contributed by atoms with Gasteiger partial charge in [0.2, 0.25) is 5.91 Å². The van der Waals surface area contributed by atoms with Gasteiger partial charge in [-0.1, -0.05) is 12.5 Å². The zero-order valence-electron chi connectivity index (χ0n) is 27.8. The highest BCUT2D eigenvalue weighted by atomic mass is 16.3. The Labute approximate surface area is 271 Å². The summed E-state index contributed by atoms with van der Waals surface area (Å²) in [4.78, 5) is 33.4. The molecule has 1 atom stereocenters. The monoisotopic (exact) mass is 622 g/mol. The van der Waals surface area contributed by atoms with Crippen LogP contribution in [0.2, 0.25) is 0 Å². The van der Waals surface area contributed by atoms with Gasteiger partial charge in [-0.3, -0.25) is 15.1 Å². The number of piperidine rings is 1. The third-order valence-corrected chi connectivity index (χ3v) is 10.3. The lowest BCUT2D eigenvalue weighted by Gasteiger charge is -2.47. The van der Waals surface area contributed by atoms with Crippen molar-refractivity contribution in [2.45, 2.75) is 96.5 Å². The molecular formula is C36H46N8O2. The standard InChI is InChI=1S/C36H46N8O2/c1-21(2)43-20-39-29-18-28(41-33(31(29)43)40-24-11-10-22(3)27(15-24)34(45)37-6)23-14-30-32(38-19-23)36(4,5)35(46)44(30)26-16-25(17-26)42-12-8-7-9-13-42/h10-11,14-15,18-21,25-26,34,37,45H,7-9,12-13,16-17H2,1-6H3,(H,40,41). The number of hydrogen-bond acceptors (Lipinski definition) is 8. The number of carbonyl (C=O) groups is 1. The van der Waals surface area contributed by atoms with E-state index in [0.717, 1.165) is 63.3 Å². The maximum Gasteiger partial charge on any atom is 0.239 e. The highest BCUT2D eigenvalue weighted by molar-refractivity contribution is 6.08. The van der Waals surface area contributed by atoms with Gasteiger partial charge in [0.1, 0.15) is 11.7 Å². The van der Waals surface area contributed by atoms with Crippen LogP contribution < -0.4 is 15.5 Å². The van der Waals surface area contributed by atoms with Crippen molar-refractivity contribution in [3.05, 3.63) is 59.7 Å². The number of anilines is 3. The van der Waals surface area contributed by atoms with E-state index < -0.39 is 11.6 Å². The molecule has 3 N–H and O–H groups in total. The zero-order chi connectivity index (χ0) is 32.3. The molecule has 3 aliphatic rings. The molecule has 0 radical (unpaired) electrons. The third-order valence-electron chi connectivity index (χ3n) is 10.3. The van der Waals surface area contributed by atoms with E-state index in [4.69, 9.17) is 15.0 Å². The van der Waals surface area contributed by atoms with Crippen LogP contribution >= 0.6 is 0 Å². The largest absolute Gasteiger partial charge is 0.374 e. The molecule has 1 saturated heterocycles. The predicted molar refractivity (Wildman–Crippen MR) is 182 cm³/mol. The Bertz CT molecular complexity index is 1780. The van der Waals surface area contributed by atoms with Crippen molar-refractivity contribution in [3.8, 4) is 11.3 Å². The normalized spacial score (nSPS) is 21.9. The highest BCUT2D eigenvalue weighted by Crippen LogP contribution is 2.47. The third kappa shape index (κ3) is 5.16. The van der Waals surface area contributed by atoms with Gasteiger partial charge in [0.25, 0.3) is 0 Å². The number of pyridine rings is 2. The molecular weight excluding hydrogens is 576 g/mol. The molecule has 1 aromatic carbocycles. The Kier molecular flexibility index (Phi) is 7.85. The van der Waals surface area contributed by atoms with Gasteiger partial charge in [-0.25, -0.2) is 9.97 Å². The van der Waals surface area contributed by atoms with Crippen molar-refractivity contribution in [2.24, 2.45) is 0 Å². The van der Waals surface area contributed by atoms with E-state index >= 15 is 0 Å². The maximum atomic E-state index is 13.9. The van der Waals surface area contributed by atoms with Crippen LogP contribution in [0.5, 0.6) is 0 Å². The molecule has 3 aromatic heterocycles. The first-order chi connectivity index (χ1) is 22.1. The van der Waals surface area contributed by atoms with E-state index in [9.17, 15) is 9.90 Å². The molecule has 2 aliphatic heterocycles. The lowest BCUT2D eigenvalue weighted by Crippen LogP contribution is -2.57. The second-order valence-corrected chi connectivity index (χ2v) is 14.1. The molecule has 7 rings (SSSR count). The minimum atomic E-state index is -0.777. The van der Waals surface area contributed by atoms with Crippen LogP contribution in [-0.4, -0.2) is 67.7 Å². The summed E-state index contributed by atoms with van der Waals surface area (Å²) in [5.41, 5.74) is 6.98. The number of fused-ring (bicyclic) bond motifs is 2. The number of nitrogens with zero attached hydrogens (tertiary/aromatic N) is 6. The van der Waals surface area contributed by atoms with Gasteiger partial charge in [0.15, 0.2) is 5.82 Å². The Morgan fingerprint density at radius 1 is 1.02 bits per heavy atom. The van der Waals surface area contributed by atoms with Crippen LogP contribution in [0.25, 0.3) is 22.3 Å². The van der Waals surface area contributed by atoms with Crippen molar-refractivity contribution >= 4 is 34.1 Å². The van der Waals surface area contributed by atoms with Crippen molar-refractivity contribution in [3.63, 3.8) is 0 Å². The first-order valence-corrected chi connectivity index (χ1v) is 16.8. The molecule has 1 amide bonds. The fourth-order valence-corrected chi connectivity index (χ4v) is 7.48. The molecule has 242 valence electrons. The molecule has 1 aliphatic carbocycles. The van der Waals surface area contributed by atoms with Crippen LogP contribution in [0.1, 0.15) is 88.9 Å². The minimum absolute atomic E-state index is 0.134. The molecule has 0 bridgehead atoms. The van der Waals surface area contributed by atoms with E-state index in [1.807, 2.05) is 62.5 Å². The fraction of sp³-hybridized carbons (Fsp3) is 0.500. The Hall–Kier alpha value is -3.86. The highest BCUT2D eigenvalue weighted by Gasteiger charge is 2.51. The van der Waals surface area contributed by atoms with Gasteiger partial charge in [-0.2, -0.15) is 0 Å². The topological polar surface area (TPSA) is 111 Å². The number of aryl methyl sites for hydroxylation is 1. The van der Waals surface area contributed by atoms with Crippen molar-refractivity contribution < 1.29 is 9.90 Å². The summed E-state index contributed by atoms with van der Waals surface area (Å²) < 4.78 is 2.12. The number of aromatic nitrogens is 4. The number of carbonyl (C=O) groups excluding carboxylic acids is 1. The van der Waals surface area contributed by atoms with Crippen molar-refractivity contribution in [2.75, 3.05) is 30.4 Å². The average molecular weight is 623 g/mol. The van der Waals surface area contributed by atoms with Crippen LogP contribution in [-0.2, 0) is 10.2 Å². The predicted octanol–water partition coefficient (Wildman–Crippen LogP) is 5.98. The number of amides is 1. The van der Waals surface area contributed by atoms with Gasteiger partial charge in [0, 0.05) is 41.1 Å². The molecule has 5 heterocycles. The van der Waals surface area contributed by atoms with E-state index in [1.165, 1.54) is 32.4 Å². The van der Waals surface area contributed by atoms with Crippen LogP contribution in [0.4, 0.5) is 17.2 Å². The van der Waals surface area contributed by atoms with Crippen molar-refractivity contribution in [1.82, 2.24) is 29.7 Å². The number of aliphatic hydroxyl groups is 1. The Morgan fingerprint density at radius 3 is 2.50 bits per heavy atom. The van der Waals surface area contributed by atoms with Crippen LogP contribution in [0, 0.1) is 6.92 Å². The van der Waals surface area contributed by atoms with Gasteiger partial charge in [0.05, 0.1) is 34.3 Å². The zero-order valence-corrected chi connectivity index (χ0v) is 27.8. The number of imidazole rings is 1. The van der Waals surface area contributed by atoms with Crippen molar-refractivity contribution in [1.29, 1.82) is 0 Å². The fourth-order valence-electron chi connectivity index (χ4n) is 7.48. The van der Waals surface area contributed by atoms with Gasteiger partial charge < -0.3 is 24.8 Å². The summed E-state index contributed by atoms with van der Waals surface area (Å²) in [6.07, 6.45) is 8.83. The number of nitrogens with one attached hydrogen (secondary N) is 2. The van der Waals surface area contributed by atoms with Gasteiger partial charge >= 0.3 is 0 Å². The Morgan fingerprint density at radius 2 is 1.78 bits per heavy atom. The number of likely N-dealkylation sites (tertiary alicyclic amines) is 1. The van der Waals surface area contributed by atoms with E-state index in [2.05, 4.69) is 40.0 Å². The summed E-state index contributed by atoms with van der Waals surface area (Å²) in [6, 6.07) is 11.0. The smallest absolute Gasteiger partial charge is 0.239 e. The summed E-state index contributed by atoms with van der Waals surface area (Å²) in [6.45, 7) is 12.6. The lowest BCUT2D eigenvalue weighted by molar-refractivity contribution is -0.123. The summed E-state index contributed by atoms with van der Waals surface area (Å²) >= 11 is 0. The molecule has 46 heavy (non-hydrogen) atoms. The van der Waals surface area contributed by atoms with Gasteiger partial charge in [-0.05, 0) is 110 Å². The molecule has 10 heteroatoms. The minimum Gasteiger partial charge on any atom is -0.374 e. The van der Waals surface area contributed by atoms with Crippen LogP contribution in [0.3, 0.4) is 0 Å². The average Bonchev–Trinajstić information content (AvgIpc) is 3.55. The molecule has 10 nitrogen and oxygen atoms in total. The first kappa shape index (κ1) is 30.8. The molecule has 4 aromatic rings.